The van der Waals surface area contributed by atoms with Crippen LogP contribution in [0.15, 0.2) is 5.10 Å². The molecule has 0 aromatic heterocycles. The van der Waals surface area contributed by atoms with Gasteiger partial charge in [-0.2, -0.15) is 5.10 Å². The molecule has 0 atom stereocenters. The molecule has 3 N–H and O–H groups in total. The third kappa shape index (κ3) is 8.32. The zero-order valence-electron chi connectivity index (χ0n) is 14.5. The van der Waals surface area contributed by atoms with Crippen LogP contribution >= 0.6 is 0 Å². The Morgan fingerprint density at radius 1 is 1.04 bits per heavy atom. The van der Waals surface area contributed by atoms with Crippen molar-refractivity contribution in [3.63, 3.8) is 0 Å². The quantitative estimate of drug-likeness (QED) is 0.412. The lowest BCUT2D eigenvalue weighted by Gasteiger charge is -2.22. The van der Waals surface area contributed by atoms with Gasteiger partial charge >= 0.3 is 11.8 Å². The molecule has 0 aromatic rings. The van der Waals surface area contributed by atoms with E-state index >= 15 is 0 Å². The average molecular weight is 324 g/mol. The average Bonchev–Trinajstić information content (AvgIpc) is 2.43. The van der Waals surface area contributed by atoms with Gasteiger partial charge in [0.25, 0.3) is 0 Å². The lowest BCUT2D eigenvalue weighted by atomic mass is 9.95. The number of carbonyl (C=O) groups is 3. The number of hydrogen-bond donors (Lipinski definition) is 3. The maximum Gasteiger partial charge on any atom is 0.329 e. The van der Waals surface area contributed by atoms with E-state index in [0.29, 0.717) is 5.71 Å². The van der Waals surface area contributed by atoms with Crippen LogP contribution < -0.4 is 16.1 Å². The van der Waals surface area contributed by atoms with Gasteiger partial charge in [-0.3, -0.25) is 14.4 Å². The summed E-state index contributed by atoms with van der Waals surface area (Å²) < 4.78 is 0. The molecule has 1 aliphatic carbocycles. The van der Waals surface area contributed by atoms with Crippen molar-refractivity contribution < 1.29 is 14.4 Å². The molecule has 0 radical (unpaired) electrons. The minimum Gasteiger partial charge on any atom is -0.353 e. The Balaban J connectivity index is 2.36. The Hall–Kier alpha value is -1.92. The summed E-state index contributed by atoms with van der Waals surface area (Å²) in [4.78, 5) is 35.1. The molecule has 0 bridgehead atoms. The van der Waals surface area contributed by atoms with Crippen LogP contribution in [0.25, 0.3) is 0 Å². The Labute approximate surface area is 137 Å². The van der Waals surface area contributed by atoms with Crippen LogP contribution in [0.3, 0.4) is 0 Å². The number of nitrogens with one attached hydrogen (secondary N) is 3. The van der Waals surface area contributed by atoms with Crippen molar-refractivity contribution in [2.24, 2.45) is 5.10 Å². The van der Waals surface area contributed by atoms with Crippen molar-refractivity contribution in [2.45, 2.75) is 77.8 Å². The second-order valence-electron chi connectivity index (χ2n) is 7.07. The largest absolute Gasteiger partial charge is 0.353 e. The molecular formula is C16H28N4O3. The summed E-state index contributed by atoms with van der Waals surface area (Å²) in [6.45, 7) is 6.98. The molecular weight excluding hydrogens is 296 g/mol. The molecule has 1 saturated carbocycles. The van der Waals surface area contributed by atoms with Crippen molar-refractivity contribution in [1.82, 2.24) is 16.1 Å². The van der Waals surface area contributed by atoms with Gasteiger partial charge in [0.1, 0.15) is 0 Å². The van der Waals surface area contributed by atoms with Gasteiger partial charge in [-0.25, -0.2) is 5.43 Å². The normalized spacial score (nSPS) is 16.6. The van der Waals surface area contributed by atoms with E-state index in [4.69, 9.17) is 0 Å². The molecule has 0 spiro atoms. The van der Waals surface area contributed by atoms with Crippen LogP contribution in [0.1, 0.15) is 66.2 Å². The summed E-state index contributed by atoms with van der Waals surface area (Å²) in [6, 6.07) is 0.246. The molecule has 7 nitrogen and oxygen atoms in total. The Kier molecular flexibility index (Phi) is 7.19. The van der Waals surface area contributed by atoms with Gasteiger partial charge in [-0.1, -0.05) is 19.3 Å². The van der Waals surface area contributed by atoms with E-state index < -0.39 is 17.4 Å². The van der Waals surface area contributed by atoms with Crippen molar-refractivity contribution in [3.05, 3.63) is 0 Å². The molecule has 1 rings (SSSR count). The summed E-state index contributed by atoms with van der Waals surface area (Å²) in [5, 5.41) is 9.32. The van der Waals surface area contributed by atoms with Crippen LogP contribution in [0, 0.1) is 0 Å². The smallest absolute Gasteiger partial charge is 0.329 e. The molecule has 7 heteroatoms. The van der Waals surface area contributed by atoms with Crippen molar-refractivity contribution >= 4 is 23.4 Å². The van der Waals surface area contributed by atoms with E-state index in [0.717, 1.165) is 25.7 Å². The maximum atomic E-state index is 11.9. The van der Waals surface area contributed by atoms with E-state index in [1.165, 1.54) is 6.42 Å². The first kappa shape index (κ1) is 19.1. The summed E-state index contributed by atoms with van der Waals surface area (Å²) in [6.07, 6.45) is 5.68. The standard InChI is InChI=1S/C16H28N4O3/c1-11(10-13(21)17-12-8-6-5-7-9-12)19-20-15(23)14(22)18-16(2,3)4/h12H,5-10H2,1-4H3,(H,17,21)(H,18,22)(H,20,23)/b19-11+. The van der Waals surface area contributed by atoms with Crippen LogP contribution in [0.5, 0.6) is 0 Å². The number of amides is 3. The van der Waals surface area contributed by atoms with Crippen molar-refractivity contribution in [2.75, 3.05) is 0 Å². The molecule has 130 valence electrons. The van der Waals surface area contributed by atoms with Crippen LogP contribution in [0.2, 0.25) is 0 Å². The zero-order chi connectivity index (χ0) is 17.5. The first-order valence-electron chi connectivity index (χ1n) is 8.12. The number of hydrogen-bond acceptors (Lipinski definition) is 4. The highest BCUT2D eigenvalue weighted by Gasteiger charge is 2.20. The first-order valence-corrected chi connectivity index (χ1v) is 8.12. The molecule has 1 fully saturated rings. The van der Waals surface area contributed by atoms with Crippen LogP contribution in [-0.4, -0.2) is 35.0 Å². The van der Waals surface area contributed by atoms with E-state index in [1.54, 1.807) is 27.7 Å². The summed E-state index contributed by atoms with van der Waals surface area (Å²) in [5.41, 5.74) is 2.13. The van der Waals surface area contributed by atoms with Gasteiger partial charge < -0.3 is 10.6 Å². The van der Waals surface area contributed by atoms with Gasteiger partial charge in [0.15, 0.2) is 0 Å². The fourth-order valence-electron chi connectivity index (χ4n) is 2.39. The maximum absolute atomic E-state index is 11.9. The number of nitrogens with zero attached hydrogens (tertiary/aromatic N) is 1. The topological polar surface area (TPSA) is 99.7 Å². The molecule has 23 heavy (non-hydrogen) atoms. The minimum atomic E-state index is -0.841. The predicted molar refractivity (Wildman–Crippen MR) is 88.8 cm³/mol. The van der Waals surface area contributed by atoms with E-state index in [1.807, 2.05) is 0 Å². The van der Waals surface area contributed by atoms with Gasteiger partial charge in [0, 0.05) is 17.3 Å². The fourth-order valence-corrected chi connectivity index (χ4v) is 2.39. The Bertz CT molecular complexity index is 474. The van der Waals surface area contributed by atoms with Crippen molar-refractivity contribution in [3.8, 4) is 0 Å². The third-order valence-electron chi connectivity index (χ3n) is 3.43. The molecule has 0 unspecified atom stereocenters. The highest BCUT2D eigenvalue weighted by atomic mass is 16.2. The Morgan fingerprint density at radius 3 is 2.22 bits per heavy atom. The second kappa shape index (κ2) is 8.64. The van der Waals surface area contributed by atoms with Gasteiger partial charge in [0.05, 0.1) is 6.42 Å². The molecule has 0 aliphatic heterocycles. The lowest BCUT2D eigenvalue weighted by molar-refractivity contribution is -0.140. The molecule has 0 aromatic carbocycles. The summed E-state index contributed by atoms with van der Waals surface area (Å²) in [7, 11) is 0. The van der Waals surface area contributed by atoms with Crippen LogP contribution in [0.4, 0.5) is 0 Å². The van der Waals surface area contributed by atoms with Gasteiger partial charge in [-0.05, 0) is 40.5 Å². The summed E-state index contributed by atoms with van der Waals surface area (Å²) in [5.74, 6) is -1.70. The molecule has 3 amide bonds. The zero-order valence-corrected chi connectivity index (χ0v) is 14.5. The summed E-state index contributed by atoms with van der Waals surface area (Å²) >= 11 is 0. The minimum absolute atomic E-state index is 0.105. The predicted octanol–water partition coefficient (Wildman–Crippen LogP) is 1.23. The van der Waals surface area contributed by atoms with E-state index in [-0.39, 0.29) is 18.4 Å². The molecule has 0 heterocycles. The second-order valence-corrected chi connectivity index (χ2v) is 7.07. The number of carbonyl (C=O) groups excluding carboxylic acids is 3. The highest BCUT2D eigenvalue weighted by molar-refractivity contribution is 6.35. The Morgan fingerprint density at radius 2 is 1.65 bits per heavy atom. The third-order valence-corrected chi connectivity index (χ3v) is 3.43. The highest BCUT2D eigenvalue weighted by Crippen LogP contribution is 2.17. The number of rotatable bonds is 4. The molecule has 0 saturated heterocycles. The van der Waals surface area contributed by atoms with Crippen LogP contribution in [-0.2, 0) is 14.4 Å². The van der Waals surface area contributed by atoms with Gasteiger partial charge in [0.2, 0.25) is 5.91 Å². The van der Waals surface area contributed by atoms with E-state index in [2.05, 4.69) is 21.2 Å². The lowest BCUT2D eigenvalue weighted by Crippen LogP contribution is -2.47. The van der Waals surface area contributed by atoms with Crippen molar-refractivity contribution in [1.29, 1.82) is 0 Å². The SMILES string of the molecule is C/C(CC(=O)NC1CCCCC1)=N\NC(=O)C(=O)NC(C)(C)C. The fraction of sp³-hybridized carbons (Fsp3) is 0.750. The van der Waals surface area contributed by atoms with E-state index in [9.17, 15) is 14.4 Å². The molecule has 1 aliphatic rings. The first-order chi connectivity index (χ1) is 10.7. The van der Waals surface area contributed by atoms with Gasteiger partial charge in [-0.15, -0.1) is 0 Å². The number of hydrazone groups is 1. The monoisotopic (exact) mass is 324 g/mol.